The number of fused-ring (bicyclic) bond motifs is 8. The van der Waals surface area contributed by atoms with Gasteiger partial charge in [0.1, 0.15) is 0 Å². The van der Waals surface area contributed by atoms with Crippen molar-refractivity contribution in [2.45, 2.75) is 0 Å². The van der Waals surface area contributed by atoms with Gasteiger partial charge in [-0.3, -0.25) is 0 Å². The molecule has 0 saturated heterocycles. The zero-order chi connectivity index (χ0) is 47.1. The van der Waals surface area contributed by atoms with Gasteiger partial charge in [0.15, 0.2) is 0 Å². The van der Waals surface area contributed by atoms with E-state index in [1.165, 1.54) is 26.9 Å². The highest BCUT2D eigenvalue weighted by atomic mass is 15.1. The first-order valence-corrected chi connectivity index (χ1v) is 19.1. The average Bonchev–Trinajstić information content (AvgIpc) is 3.73. The standard InChI is InChI=1S/C56H38N2/c1-4-14-39(15-5-1)41-24-31-46(32-25-41)57(47-33-26-42(27-34-47)40-16-6-2-7-17-40)48-35-28-43(29-36-48)44-30-37-53-54(38-44)58(45-18-8-3-9-19-45)56-52-23-13-11-21-50(52)49-20-10-12-22-51(49)55(53)56/h1-38H/i1D,2D,4D,5D,6D,7D,14D,15D,16D,17D. The summed E-state index contributed by atoms with van der Waals surface area (Å²) in [4.78, 5) is 2.01. The fraction of sp³-hybridized carbons (Fsp3) is 0. The molecule has 0 amide bonds. The maximum absolute atomic E-state index is 8.58. The average molecular weight is 749 g/mol. The predicted octanol–water partition coefficient (Wildman–Crippen LogP) is 15.6. The van der Waals surface area contributed by atoms with E-state index in [0.717, 1.165) is 38.9 Å². The first kappa shape index (κ1) is 24.8. The molecule has 0 radical (unpaired) electrons. The normalized spacial score (nSPS) is 13.9. The number of hydrogen-bond acceptors (Lipinski definition) is 1. The molecule has 0 unspecified atom stereocenters. The Morgan fingerprint density at radius 3 is 1.31 bits per heavy atom. The molecule has 2 heteroatoms. The third kappa shape index (κ3) is 5.74. The lowest BCUT2D eigenvalue weighted by molar-refractivity contribution is 1.19. The van der Waals surface area contributed by atoms with Crippen molar-refractivity contribution in [2.75, 3.05) is 4.90 Å². The zero-order valence-electron chi connectivity index (χ0n) is 41.1. The quantitative estimate of drug-likeness (QED) is 0.147. The molecule has 0 aliphatic carbocycles. The monoisotopic (exact) mass is 748 g/mol. The van der Waals surface area contributed by atoms with Crippen LogP contribution in [0.4, 0.5) is 17.1 Å². The van der Waals surface area contributed by atoms with E-state index in [1.807, 2.05) is 47.4 Å². The van der Waals surface area contributed by atoms with Gasteiger partial charge in [-0.15, -0.1) is 0 Å². The molecule has 58 heavy (non-hydrogen) atoms. The van der Waals surface area contributed by atoms with Crippen molar-refractivity contribution in [2.24, 2.45) is 0 Å². The minimum absolute atomic E-state index is 0.103. The molecule has 11 rings (SSSR count). The number of benzene rings is 10. The first-order valence-electron chi connectivity index (χ1n) is 24.1. The number of hydrogen-bond donors (Lipinski definition) is 0. The number of nitrogens with zero attached hydrogens (tertiary/aromatic N) is 2. The fourth-order valence-corrected chi connectivity index (χ4v) is 8.29. The molecule has 1 aromatic heterocycles. The Morgan fingerprint density at radius 1 is 0.345 bits per heavy atom. The van der Waals surface area contributed by atoms with Crippen molar-refractivity contribution in [3.63, 3.8) is 0 Å². The summed E-state index contributed by atoms with van der Waals surface area (Å²) in [5.74, 6) is 0. The summed E-state index contributed by atoms with van der Waals surface area (Å²) in [6, 6.07) is 53.1. The van der Waals surface area contributed by atoms with E-state index in [0.29, 0.717) is 22.5 Å². The van der Waals surface area contributed by atoms with Crippen LogP contribution in [0.3, 0.4) is 0 Å². The van der Waals surface area contributed by atoms with Gasteiger partial charge in [-0.2, -0.15) is 0 Å². The van der Waals surface area contributed by atoms with Gasteiger partial charge in [-0.1, -0.05) is 176 Å². The smallest absolute Gasteiger partial charge is 0.0629 e. The van der Waals surface area contributed by atoms with Crippen LogP contribution in [0.1, 0.15) is 13.7 Å². The van der Waals surface area contributed by atoms with Gasteiger partial charge in [0, 0.05) is 38.9 Å². The fourth-order valence-electron chi connectivity index (χ4n) is 8.29. The Labute approximate surface area is 352 Å². The second-order valence-electron chi connectivity index (χ2n) is 14.2. The lowest BCUT2D eigenvalue weighted by atomic mass is 9.96. The molecule has 11 aromatic rings. The van der Waals surface area contributed by atoms with Gasteiger partial charge in [-0.25, -0.2) is 0 Å². The van der Waals surface area contributed by atoms with Crippen molar-refractivity contribution in [1.29, 1.82) is 0 Å². The van der Waals surface area contributed by atoms with Gasteiger partial charge >= 0.3 is 0 Å². The third-order valence-electron chi connectivity index (χ3n) is 10.9. The summed E-state index contributed by atoms with van der Waals surface area (Å²) in [6.45, 7) is 0. The molecule has 10 aromatic carbocycles. The highest BCUT2D eigenvalue weighted by Gasteiger charge is 2.20. The van der Waals surface area contributed by atoms with Crippen LogP contribution < -0.4 is 4.90 Å². The van der Waals surface area contributed by atoms with Gasteiger partial charge in [-0.05, 0) is 104 Å². The molecule has 0 aliphatic rings. The van der Waals surface area contributed by atoms with Crippen LogP contribution in [0.25, 0.3) is 82.4 Å². The van der Waals surface area contributed by atoms with Crippen LogP contribution in [-0.2, 0) is 0 Å². The number of rotatable bonds is 7. The van der Waals surface area contributed by atoms with E-state index >= 15 is 0 Å². The topological polar surface area (TPSA) is 8.17 Å². The predicted molar refractivity (Wildman–Crippen MR) is 247 cm³/mol. The van der Waals surface area contributed by atoms with Crippen LogP contribution >= 0.6 is 0 Å². The molecule has 0 saturated carbocycles. The summed E-state index contributed by atoms with van der Waals surface area (Å²) < 4.78 is 85.8. The Hall–Kier alpha value is -7.68. The van der Waals surface area contributed by atoms with E-state index in [9.17, 15) is 0 Å². The molecular weight excluding hydrogens is 701 g/mol. The highest BCUT2D eigenvalue weighted by molar-refractivity contribution is 6.32. The van der Waals surface area contributed by atoms with Gasteiger partial charge < -0.3 is 9.47 Å². The maximum Gasteiger partial charge on any atom is 0.0629 e. The maximum atomic E-state index is 8.58. The second kappa shape index (κ2) is 14.1. The van der Waals surface area contributed by atoms with E-state index < -0.39 is 36.3 Å². The first-order chi connectivity index (χ1) is 32.9. The molecular formula is C56H38N2. The van der Waals surface area contributed by atoms with Crippen LogP contribution in [0, 0.1) is 0 Å². The summed E-state index contributed by atoms with van der Waals surface area (Å²) in [6.07, 6.45) is 0. The van der Waals surface area contributed by atoms with Crippen LogP contribution in [0.5, 0.6) is 0 Å². The summed E-state index contributed by atoms with van der Waals surface area (Å²) >= 11 is 0. The third-order valence-corrected chi connectivity index (χ3v) is 10.9. The van der Waals surface area contributed by atoms with Crippen LogP contribution in [0.2, 0.25) is 0 Å². The van der Waals surface area contributed by atoms with E-state index in [2.05, 4.69) is 108 Å². The van der Waals surface area contributed by atoms with Gasteiger partial charge in [0.2, 0.25) is 0 Å². The molecule has 1 heterocycles. The van der Waals surface area contributed by atoms with E-state index in [1.54, 1.807) is 24.3 Å². The molecule has 0 bridgehead atoms. The molecule has 0 atom stereocenters. The Bertz CT molecular complexity index is 3660. The summed E-state index contributed by atoms with van der Waals surface area (Å²) in [7, 11) is 0. The van der Waals surface area contributed by atoms with Crippen molar-refractivity contribution in [3.05, 3.63) is 230 Å². The number of para-hydroxylation sites is 1. The van der Waals surface area contributed by atoms with E-state index in [-0.39, 0.29) is 35.3 Å². The SMILES string of the molecule is [2H]c1c([2H])c([2H])c(-c2ccc(N(c3ccc(-c4ccc5c6c7ccccc7c7ccccc7c6n(-c6ccccc6)c5c4)cc3)c3ccc(-c4c([2H])c([2H])c([2H])c([2H])c4[2H])cc3)cc2)c([2H])c1[2H]. The van der Waals surface area contributed by atoms with Crippen molar-refractivity contribution < 1.29 is 13.7 Å². The second-order valence-corrected chi connectivity index (χ2v) is 14.2. The Morgan fingerprint density at radius 2 is 0.776 bits per heavy atom. The lowest BCUT2D eigenvalue weighted by Crippen LogP contribution is -2.09. The molecule has 272 valence electrons. The Balaban J connectivity index is 1.05. The molecule has 0 spiro atoms. The van der Waals surface area contributed by atoms with Crippen LogP contribution in [-0.4, -0.2) is 4.57 Å². The number of anilines is 3. The molecule has 0 fully saturated rings. The van der Waals surface area contributed by atoms with Gasteiger partial charge in [0.25, 0.3) is 0 Å². The lowest BCUT2D eigenvalue weighted by Gasteiger charge is -2.26. The summed E-state index contributed by atoms with van der Waals surface area (Å²) in [5.41, 5.74) is 8.63. The number of aromatic nitrogens is 1. The molecule has 0 aliphatic heterocycles. The minimum Gasteiger partial charge on any atom is -0.311 e. The minimum atomic E-state index is -0.456. The van der Waals surface area contributed by atoms with E-state index in [4.69, 9.17) is 13.7 Å². The van der Waals surface area contributed by atoms with Crippen molar-refractivity contribution in [1.82, 2.24) is 4.57 Å². The Kier molecular flexibility index (Phi) is 6.02. The highest BCUT2D eigenvalue weighted by Crippen LogP contribution is 2.44. The largest absolute Gasteiger partial charge is 0.311 e. The van der Waals surface area contributed by atoms with Crippen molar-refractivity contribution >= 4 is 60.4 Å². The van der Waals surface area contributed by atoms with Gasteiger partial charge in [0.05, 0.1) is 24.7 Å². The van der Waals surface area contributed by atoms with Crippen LogP contribution in [0.15, 0.2) is 230 Å². The molecule has 2 nitrogen and oxygen atoms in total. The zero-order valence-corrected chi connectivity index (χ0v) is 31.1. The van der Waals surface area contributed by atoms with Crippen molar-refractivity contribution in [3.8, 4) is 39.1 Å². The molecule has 0 N–H and O–H groups in total. The summed E-state index contributed by atoms with van der Waals surface area (Å²) in [5, 5.41) is 7.13.